The zero-order chi connectivity index (χ0) is 17.0. The van der Waals surface area contributed by atoms with E-state index in [2.05, 4.69) is 10.2 Å². The van der Waals surface area contributed by atoms with E-state index in [9.17, 15) is 8.42 Å². The standard InChI is InChI=1S/C17H24N4O2S/c1-2-13-24(22,23)21-12-6-9-16(21)10-11-17-19-18-14-20(17)15-7-4-3-5-8-15/h3-5,7-8,14,16H,2,6,9-13H2,1H3. The molecule has 130 valence electrons. The Labute approximate surface area is 143 Å². The number of hydrogen-bond acceptors (Lipinski definition) is 4. The van der Waals surface area contributed by atoms with Gasteiger partial charge in [-0.3, -0.25) is 4.57 Å². The van der Waals surface area contributed by atoms with Gasteiger partial charge in [0.05, 0.1) is 5.75 Å². The second-order valence-corrected chi connectivity index (χ2v) is 8.26. The first-order valence-electron chi connectivity index (χ1n) is 8.55. The van der Waals surface area contributed by atoms with Gasteiger partial charge in [-0.15, -0.1) is 10.2 Å². The molecule has 1 aromatic carbocycles. The SMILES string of the molecule is CCCS(=O)(=O)N1CCCC1CCc1nncn1-c1ccccc1. The number of rotatable bonds is 7. The van der Waals surface area contributed by atoms with Crippen molar-refractivity contribution in [2.75, 3.05) is 12.3 Å². The van der Waals surface area contributed by atoms with Crippen molar-refractivity contribution in [2.45, 2.75) is 45.1 Å². The third kappa shape index (κ3) is 3.67. The Bertz CT molecular complexity index is 758. The molecule has 6 nitrogen and oxygen atoms in total. The molecule has 0 spiro atoms. The summed E-state index contributed by atoms with van der Waals surface area (Å²) < 4.78 is 28.5. The van der Waals surface area contributed by atoms with Gasteiger partial charge < -0.3 is 0 Å². The van der Waals surface area contributed by atoms with Crippen LogP contribution < -0.4 is 0 Å². The van der Waals surface area contributed by atoms with Crippen molar-refractivity contribution in [2.24, 2.45) is 0 Å². The fourth-order valence-corrected chi connectivity index (χ4v) is 5.19. The van der Waals surface area contributed by atoms with Crippen molar-refractivity contribution < 1.29 is 8.42 Å². The molecule has 1 unspecified atom stereocenters. The Morgan fingerprint density at radius 1 is 1.25 bits per heavy atom. The molecule has 2 heterocycles. The zero-order valence-corrected chi connectivity index (χ0v) is 14.8. The molecule has 0 N–H and O–H groups in total. The molecule has 1 aliphatic heterocycles. The first kappa shape index (κ1) is 17.1. The van der Waals surface area contributed by atoms with E-state index >= 15 is 0 Å². The lowest BCUT2D eigenvalue weighted by Crippen LogP contribution is -2.37. The Morgan fingerprint density at radius 2 is 2.04 bits per heavy atom. The van der Waals surface area contributed by atoms with Crippen LogP contribution in [0.2, 0.25) is 0 Å². The predicted octanol–water partition coefficient (Wildman–Crippen LogP) is 2.40. The monoisotopic (exact) mass is 348 g/mol. The minimum absolute atomic E-state index is 0.0856. The van der Waals surface area contributed by atoms with Crippen LogP contribution in [0.4, 0.5) is 0 Å². The van der Waals surface area contributed by atoms with Crippen LogP contribution >= 0.6 is 0 Å². The van der Waals surface area contributed by atoms with E-state index in [0.717, 1.165) is 37.2 Å². The van der Waals surface area contributed by atoms with E-state index in [-0.39, 0.29) is 11.8 Å². The van der Waals surface area contributed by atoms with Gasteiger partial charge in [0, 0.05) is 24.7 Å². The number of sulfonamides is 1. The smallest absolute Gasteiger partial charge is 0.214 e. The summed E-state index contributed by atoms with van der Waals surface area (Å²) in [5.74, 6) is 1.12. The molecule has 1 atom stereocenters. The topological polar surface area (TPSA) is 68.1 Å². The van der Waals surface area contributed by atoms with E-state index in [0.29, 0.717) is 13.0 Å². The van der Waals surface area contributed by atoms with Gasteiger partial charge in [-0.2, -0.15) is 4.31 Å². The minimum atomic E-state index is -3.12. The first-order valence-corrected chi connectivity index (χ1v) is 10.2. The van der Waals surface area contributed by atoms with E-state index in [1.54, 1.807) is 10.6 Å². The average molecular weight is 348 g/mol. The number of hydrogen-bond donors (Lipinski definition) is 0. The second-order valence-electron chi connectivity index (χ2n) is 6.21. The molecule has 0 bridgehead atoms. The Hall–Kier alpha value is -1.73. The lowest BCUT2D eigenvalue weighted by Gasteiger charge is -2.23. The van der Waals surface area contributed by atoms with E-state index < -0.39 is 10.0 Å². The fraction of sp³-hybridized carbons (Fsp3) is 0.529. The molecule has 7 heteroatoms. The van der Waals surface area contributed by atoms with Crippen molar-refractivity contribution >= 4 is 10.0 Å². The highest BCUT2D eigenvalue weighted by atomic mass is 32.2. The third-order valence-corrected chi connectivity index (χ3v) is 6.62. The largest absolute Gasteiger partial charge is 0.286 e. The minimum Gasteiger partial charge on any atom is -0.286 e. The molecule has 0 radical (unpaired) electrons. The quantitative estimate of drug-likeness (QED) is 0.770. The van der Waals surface area contributed by atoms with E-state index in [1.165, 1.54) is 0 Å². The van der Waals surface area contributed by atoms with Crippen LogP contribution in [0, 0.1) is 0 Å². The molecule has 1 aromatic heterocycles. The lowest BCUT2D eigenvalue weighted by molar-refractivity contribution is 0.368. The molecular formula is C17H24N4O2S. The molecule has 24 heavy (non-hydrogen) atoms. The Balaban J connectivity index is 1.69. The fourth-order valence-electron chi connectivity index (χ4n) is 3.37. The van der Waals surface area contributed by atoms with Crippen molar-refractivity contribution in [3.05, 3.63) is 42.5 Å². The van der Waals surface area contributed by atoms with Gasteiger partial charge in [0.2, 0.25) is 10.0 Å². The van der Waals surface area contributed by atoms with Gasteiger partial charge in [-0.25, -0.2) is 8.42 Å². The van der Waals surface area contributed by atoms with Crippen LogP contribution in [0.15, 0.2) is 36.7 Å². The number of benzene rings is 1. The van der Waals surface area contributed by atoms with Crippen molar-refractivity contribution in [3.8, 4) is 5.69 Å². The zero-order valence-electron chi connectivity index (χ0n) is 14.0. The Kier molecular flexibility index (Phi) is 5.30. The molecule has 1 saturated heterocycles. The van der Waals surface area contributed by atoms with Gasteiger partial charge in [0.25, 0.3) is 0 Å². The lowest BCUT2D eigenvalue weighted by atomic mass is 10.1. The van der Waals surface area contributed by atoms with E-state index in [1.807, 2.05) is 41.8 Å². The van der Waals surface area contributed by atoms with Gasteiger partial charge >= 0.3 is 0 Å². The average Bonchev–Trinajstić information content (AvgIpc) is 3.23. The Morgan fingerprint density at radius 3 is 2.79 bits per heavy atom. The van der Waals surface area contributed by atoms with Crippen LogP contribution in [-0.2, 0) is 16.4 Å². The van der Waals surface area contributed by atoms with Crippen LogP contribution in [0.1, 0.15) is 38.4 Å². The highest BCUT2D eigenvalue weighted by Crippen LogP contribution is 2.25. The molecule has 2 aromatic rings. The van der Waals surface area contributed by atoms with Crippen molar-refractivity contribution in [1.29, 1.82) is 0 Å². The van der Waals surface area contributed by atoms with Crippen molar-refractivity contribution in [3.63, 3.8) is 0 Å². The van der Waals surface area contributed by atoms with Crippen LogP contribution in [0.5, 0.6) is 0 Å². The van der Waals surface area contributed by atoms with Gasteiger partial charge in [-0.05, 0) is 37.8 Å². The highest BCUT2D eigenvalue weighted by Gasteiger charge is 2.33. The molecule has 0 amide bonds. The maximum absolute atomic E-state index is 12.4. The summed E-state index contributed by atoms with van der Waals surface area (Å²) in [7, 11) is -3.12. The number of para-hydroxylation sites is 1. The second kappa shape index (κ2) is 7.44. The summed E-state index contributed by atoms with van der Waals surface area (Å²) in [4.78, 5) is 0. The third-order valence-electron chi connectivity index (χ3n) is 4.50. The summed E-state index contributed by atoms with van der Waals surface area (Å²) >= 11 is 0. The number of aromatic nitrogens is 3. The van der Waals surface area contributed by atoms with Gasteiger partial charge in [-0.1, -0.05) is 25.1 Å². The van der Waals surface area contributed by atoms with Crippen molar-refractivity contribution in [1.82, 2.24) is 19.1 Å². The summed E-state index contributed by atoms with van der Waals surface area (Å²) in [6, 6.07) is 10.1. The summed E-state index contributed by atoms with van der Waals surface area (Å²) in [6.07, 6.45) is 5.76. The first-order chi connectivity index (χ1) is 11.6. The molecule has 0 aliphatic carbocycles. The van der Waals surface area contributed by atoms with Gasteiger partial charge in [0.15, 0.2) is 0 Å². The van der Waals surface area contributed by atoms with Crippen LogP contribution in [-0.4, -0.2) is 45.8 Å². The highest BCUT2D eigenvalue weighted by molar-refractivity contribution is 7.89. The van der Waals surface area contributed by atoms with E-state index in [4.69, 9.17) is 0 Å². The molecule has 1 fully saturated rings. The van der Waals surface area contributed by atoms with Crippen LogP contribution in [0.3, 0.4) is 0 Å². The summed E-state index contributed by atoms with van der Waals surface area (Å²) in [5, 5.41) is 8.24. The normalized spacial score (nSPS) is 19.0. The van der Waals surface area contributed by atoms with Crippen LogP contribution in [0.25, 0.3) is 5.69 Å². The molecular weight excluding hydrogens is 324 g/mol. The maximum Gasteiger partial charge on any atom is 0.214 e. The molecule has 3 rings (SSSR count). The summed E-state index contributed by atoms with van der Waals surface area (Å²) in [5.41, 5.74) is 1.03. The number of nitrogens with zero attached hydrogens (tertiary/aromatic N) is 4. The molecule has 1 aliphatic rings. The summed E-state index contributed by atoms with van der Waals surface area (Å²) in [6.45, 7) is 2.56. The molecule has 0 saturated carbocycles. The number of aryl methyl sites for hydroxylation is 1. The maximum atomic E-state index is 12.4. The van der Waals surface area contributed by atoms with Gasteiger partial charge in [0.1, 0.15) is 12.2 Å². The predicted molar refractivity (Wildman–Crippen MR) is 93.5 cm³/mol.